The van der Waals surface area contributed by atoms with E-state index < -0.39 is 0 Å². The molecule has 0 spiro atoms. The highest BCUT2D eigenvalue weighted by molar-refractivity contribution is 7.29. The second-order valence-corrected chi connectivity index (χ2v) is 6.73. The average Bonchev–Trinajstić information content (AvgIpc) is 3.21. The Balaban J connectivity index is 1.72. The fourth-order valence-corrected chi connectivity index (χ4v) is 4.14. The first-order valence-electron chi connectivity index (χ1n) is 7.07. The van der Waals surface area contributed by atoms with Crippen LogP contribution in [0.25, 0.3) is 31.1 Å². The van der Waals surface area contributed by atoms with Crippen LogP contribution in [-0.2, 0) is 0 Å². The summed E-state index contributed by atoms with van der Waals surface area (Å²) >= 11 is 3.01. The zero-order valence-corrected chi connectivity index (χ0v) is 14.5. The fourth-order valence-electron chi connectivity index (χ4n) is 2.16. The van der Waals surface area contributed by atoms with Crippen molar-refractivity contribution >= 4 is 32.3 Å². The van der Waals surface area contributed by atoms with E-state index in [0.29, 0.717) is 11.8 Å². The van der Waals surface area contributed by atoms with Crippen LogP contribution in [0.1, 0.15) is 0 Å². The van der Waals surface area contributed by atoms with Crippen molar-refractivity contribution in [3.8, 4) is 33.2 Å². The minimum Gasteiger partial charge on any atom is -0.481 e. The number of fused-ring (bicyclic) bond motifs is 1. The molecule has 0 bridgehead atoms. The molecule has 4 rings (SSSR count). The highest BCUT2D eigenvalue weighted by atomic mass is 32.1. The second kappa shape index (κ2) is 6.14. The Morgan fingerprint density at radius 1 is 0.667 bits per heavy atom. The molecular formula is C16H12N4O2S2. The lowest BCUT2D eigenvalue weighted by Crippen LogP contribution is -1.89. The van der Waals surface area contributed by atoms with E-state index in [1.807, 2.05) is 36.4 Å². The Kier molecular flexibility index (Phi) is 3.83. The average molecular weight is 356 g/mol. The van der Waals surface area contributed by atoms with E-state index in [2.05, 4.69) is 19.9 Å². The third kappa shape index (κ3) is 2.70. The number of aromatic nitrogens is 4. The molecule has 4 aromatic rings. The molecule has 0 unspecified atom stereocenters. The van der Waals surface area contributed by atoms with Crippen LogP contribution in [0.2, 0.25) is 0 Å². The summed E-state index contributed by atoms with van der Waals surface area (Å²) in [5.41, 5.74) is 1.57. The molecule has 0 aliphatic heterocycles. The van der Waals surface area contributed by atoms with Crippen LogP contribution < -0.4 is 9.47 Å². The molecule has 0 aliphatic carbocycles. The first kappa shape index (κ1) is 15.0. The second-order valence-electron chi connectivity index (χ2n) is 4.78. The van der Waals surface area contributed by atoms with Crippen molar-refractivity contribution in [1.82, 2.24) is 19.9 Å². The van der Waals surface area contributed by atoms with Gasteiger partial charge in [-0.2, -0.15) is 0 Å². The Morgan fingerprint density at radius 3 is 1.54 bits per heavy atom. The maximum Gasteiger partial charge on any atom is 0.213 e. The molecule has 24 heavy (non-hydrogen) atoms. The molecule has 0 aliphatic rings. The van der Waals surface area contributed by atoms with Crippen LogP contribution in [0.3, 0.4) is 0 Å². The summed E-state index contributed by atoms with van der Waals surface area (Å²) in [6.45, 7) is 0. The molecule has 8 heteroatoms. The molecule has 0 fully saturated rings. The van der Waals surface area contributed by atoms with E-state index >= 15 is 0 Å². The van der Waals surface area contributed by atoms with Gasteiger partial charge in [-0.3, -0.25) is 0 Å². The monoisotopic (exact) mass is 356 g/mol. The van der Waals surface area contributed by atoms with Gasteiger partial charge in [0.2, 0.25) is 11.8 Å². The lowest BCUT2D eigenvalue weighted by atomic mass is 10.3. The topological polar surface area (TPSA) is 70.0 Å². The molecule has 0 N–H and O–H groups in total. The van der Waals surface area contributed by atoms with E-state index in [9.17, 15) is 0 Å². The number of rotatable bonds is 4. The minimum atomic E-state index is 0.570. The lowest BCUT2D eigenvalue weighted by molar-refractivity contribution is 0.398. The molecular weight excluding hydrogens is 344 g/mol. The van der Waals surface area contributed by atoms with Gasteiger partial charge in [0.05, 0.1) is 14.2 Å². The number of pyridine rings is 2. The predicted octanol–water partition coefficient (Wildman–Crippen LogP) is 3.89. The van der Waals surface area contributed by atoms with E-state index in [4.69, 9.17) is 9.47 Å². The molecule has 0 saturated heterocycles. The Labute approximate surface area is 145 Å². The molecule has 4 aromatic heterocycles. The van der Waals surface area contributed by atoms with Gasteiger partial charge in [-0.15, -0.1) is 0 Å². The van der Waals surface area contributed by atoms with Gasteiger partial charge in [0.1, 0.15) is 21.4 Å². The van der Waals surface area contributed by atoms with Gasteiger partial charge in [0, 0.05) is 12.1 Å². The zero-order valence-electron chi connectivity index (χ0n) is 12.9. The molecule has 4 heterocycles. The van der Waals surface area contributed by atoms with Crippen LogP contribution in [0, 0.1) is 0 Å². The van der Waals surface area contributed by atoms with Crippen LogP contribution in [0.15, 0.2) is 36.4 Å². The Hall–Kier alpha value is -2.58. The van der Waals surface area contributed by atoms with E-state index in [0.717, 1.165) is 31.1 Å². The van der Waals surface area contributed by atoms with Crippen molar-refractivity contribution in [2.75, 3.05) is 14.2 Å². The van der Waals surface area contributed by atoms with Gasteiger partial charge in [-0.05, 0) is 12.1 Å². The third-order valence-electron chi connectivity index (χ3n) is 3.28. The van der Waals surface area contributed by atoms with Crippen molar-refractivity contribution < 1.29 is 9.47 Å². The SMILES string of the molecule is COc1cccc(-c2nc3sc(-c4cccc(OC)n4)nc3s2)n1. The lowest BCUT2D eigenvalue weighted by Gasteiger charge is -2.00. The van der Waals surface area contributed by atoms with Crippen LogP contribution in [0.5, 0.6) is 11.8 Å². The highest BCUT2D eigenvalue weighted by Crippen LogP contribution is 2.36. The number of ether oxygens (including phenoxy) is 2. The summed E-state index contributed by atoms with van der Waals surface area (Å²) in [6, 6.07) is 11.2. The smallest absolute Gasteiger partial charge is 0.213 e. The van der Waals surface area contributed by atoms with E-state index in [1.165, 1.54) is 22.7 Å². The van der Waals surface area contributed by atoms with Gasteiger partial charge >= 0.3 is 0 Å². The zero-order chi connectivity index (χ0) is 16.5. The van der Waals surface area contributed by atoms with Crippen molar-refractivity contribution in [2.24, 2.45) is 0 Å². The van der Waals surface area contributed by atoms with Gasteiger partial charge < -0.3 is 9.47 Å². The summed E-state index contributed by atoms with van der Waals surface area (Å²) < 4.78 is 10.3. The molecule has 120 valence electrons. The standard InChI is InChI=1S/C16H12N4O2S2/c1-21-11-7-3-5-9(17-11)13-19-15-16(23-13)20-14(24-15)10-6-4-8-12(18-10)22-2/h3-8H,1-2H3. The maximum atomic E-state index is 5.16. The van der Waals surface area contributed by atoms with Gasteiger partial charge in [-0.25, -0.2) is 19.9 Å². The fraction of sp³-hybridized carbons (Fsp3) is 0.125. The van der Waals surface area contributed by atoms with E-state index in [1.54, 1.807) is 14.2 Å². The molecule has 0 amide bonds. The molecule has 0 atom stereocenters. The van der Waals surface area contributed by atoms with Gasteiger partial charge in [0.25, 0.3) is 0 Å². The molecule has 6 nitrogen and oxygen atoms in total. The molecule has 0 radical (unpaired) electrons. The predicted molar refractivity (Wildman–Crippen MR) is 94.9 cm³/mol. The quantitative estimate of drug-likeness (QED) is 0.552. The van der Waals surface area contributed by atoms with Crippen LogP contribution in [0.4, 0.5) is 0 Å². The summed E-state index contributed by atoms with van der Waals surface area (Å²) in [5, 5.41) is 1.65. The van der Waals surface area contributed by atoms with Gasteiger partial charge in [0.15, 0.2) is 9.66 Å². The van der Waals surface area contributed by atoms with Crippen LogP contribution in [-0.4, -0.2) is 34.2 Å². The summed E-state index contributed by atoms with van der Waals surface area (Å²) in [5.74, 6) is 1.14. The van der Waals surface area contributed by atoms with Crippen molar-refractivity contribution in [3.63, 3.8) is 0 Å². The number of nitrogens with zero attached hydrogens (tertiary/aromatic N) is 4. The first-order valence-corrected chi connectivity index (χ1v) is 8.70. The molecule has 0 aromatic carbocycles. The minimum absolute atomic E-state index is 0.570. The number of hydrogen-bond donors (Lipinski definition) is 0. The summed E-state index contributed by atoms with van der Waals surface area (Å²) in [6.07, 6.45) is 0. The number of methoxy groups -OCH3 is 2. The Bertz CT molecular complexity index is 904. The van der Waals surface area contributed by atoms with Crippen molar-refractivity contribution in [3.05, 3.63) is 36.4 Å². The summed E-state index contributed by atoms with van der Waals surface area (Å²) in [7, 11) is 3.20. The third-order valence-corrected chi connectivity index (χ3v) is 5.35. The number of hydrogen-bond acceptors (Lipinski definition) is 8. The number of thiazole rings is 2. The van der Waals surface area contributed by atoms with Crippen LogP contribution >= 0.6 is 22.7 Å². The largest absolute Gasteiger partial charge is 0.481 e. The normalized spacial score (nSPS) is 10.9. The molecule has 0 saturated carbocycles. The van der Waals surface area contributed by atoms with Crippen molar-refractivity contribution in [1.29, 1.82) is 0 Å². The highest BCUT2D eigenvalue weighted by Gasteiger charge is 2.15. The summed E-state index contributed by atoms with van der Waals surface area (Å²) in [4.78, 5) is 19.9. The van der Waals surface area contributed by atoms with Crippen molar-refractivity contribution in [2.45, 2.75) is 0 Å². The Morgan fingerprint density at radius 2 is 1.12 bits per heavy atom. The van der Waals surface area contributed by atoms with Gasteiger partial charge in [-0.1, -0.05) is 34.8 Å². The maximum absolute atomic E-state index is 5.16. The van der Waals surface area contributed by atoms with E-state index in [-0.39, 0.29) is 0 Å². The first-order chi connectivity index (χ1) is 11.8.